The maximum Gasteiger partial charge on any atom is 0.328 e. The maximum absolute atomic E-state index is 11.0. The predicted octanol–water partition coefficient (Wildman–Crippen LogP) is 5.19. The van der Waals surface area contributed by atoms with Gasteiger partial charge in [0.2, 0.25) is 0 Å². The van der Waals surface area contributed by atoms with Gasteiger partial charge in [-0.05, 0) is 102 Å². The molecule has 2 aromatic rings. The van der Waals surface area contributed by atoms with Crippen molar-refractivity contribution >= 4 is 12.0 Å². The molecule has 4 fully saturated rings. The van der Waals surface area contributed by atoms with E-state index in [0.717, 1.165) is 40.2 Å². The van der Waals surface area contributed by atoms with E-state index in [1.165, 1.54) is 32.1 Å². The van der Waals surface area contributed by atoms with Crippen LogP contribution in [0, 0.1) is 23.7 Å². The quantitative estimate of drug-likeness (QED) is 0.600. The number of rotatable bonds is 5. The van der Waals surface area contributed by atoms with Crippen LogP contribution in [0.5, 0.6) is 5.75 Å². The molecule has 4 aliphatic rings. The summed E-state index contributed by atoms with van der Waals surface area (Å²) in [7, 11) is 0. The highest BCUT2D eigenvalue weighted by atomic mass is 16.4. The number of hydrogen-bond acceptors (Lipinski definition) is 3. The van der Waals surface area contributed by atoms with Gasteiger partial charge in [0.05, 0.1) is 6.61 Å². The molecule has 0 spiro atoms. The number of aliphatic hydroxyl groups excluding tert-OH is 1. The van der Waals surface area contributed by atoms with Gasteiger partial charge in [-0.1, -0.05) is 24.3 Å². The second-order valence-electron chi connectivity index (χ2n) is 9.48. The molecular formula is C26H28O4. The Balaban J connectivity index is 1.51. The van der Waals surface area contributed by atoms with Crippen LogP contribution >= 0.6 is 0 Å². The number of carbonyl (C=O) groups is 1. The Morgan fingerprint density at radius 2 is 1.57 bits per heavy atom. The van der Waals surface area contributed by atoms with Crippen LogP contribution in [0.4, 0.5) is 0 Å². The van der Waals surface area contributed by atoms with Crippen molar-refractivity contribution in [1.29, 1.82) is 0 Å². The summed E-state index contributed by atoms with van der Waals surface area (Å²) in [6, 6.07) is 11.7. The van der Waals surface area contributed by atoms with Crippen LogP contribution in [0.3, 0.4) is 0 Å². The highest BCUT2D eigenvalue weighted by molar-refractivity contribution is 5.85. The van der Waals surface area contributed by atoms with Crippen LogP contribution in [0.25, 0.3) is 17.2 Å². The van der Waals surface area contributed by atoms with Crippen LogP contribution in [0.1, 0.15) is 54.7 Å². The molecule has 4 nitrogen and oxygen atoms in total. The number of aliphatic carboxylic acids is 1. The van der Waals surface area contributed by atoms with Gasteiger partial charge >= 0.3 is 5.97 Å². The Bertz CT molecular complexity index is 961. The van der Waals surface area contributed by atoms with Gasteiger partial charge in [-0.2, -0.15) is 0 Å². The Hall–Kier alpha value is -2.59. The molecule has 3 N–H and O–H groups in total. The Morgan fingerprint density at radius 1 is 0.933 bits per heavy atom. The Labute approximate surface area is 176 Å². The minimum absolute atomic E-state index is 0.181. The van der Waals surface area contributed by atoms with E-state index in [-0.39, 0.29) is 12.4 Å². The lowest BCUT2D eigenvalue weighted by molar-refractivity contribution is -0.131. The van der Waals surface area contributed by atoms with Gasteiger partial charge in [0, 0.05) is 11.6 Å². The molecule has 0 aromatic heterocycles. The Kier molecular flexibility index (Phi) is 4.90. The first kappa shape index (κ1) is 19.4. The fraction of sp³-hybridized carbons (Fsp3) is 0.423. The SMILES string of the molecule is O=C(O)C=Cc1ccc(-c2cc(CO)c(O)c(C3C4CC5CC(C4)CC3C5)c2)cc1. The molecule has 4 aliphatic carbocycles. The predicted molar refractivity (Wildman–Crippen MR) is 116 cm³/mol. The summed E-state index contributed by atoms with van der Waals surface area (Å²) < 4.78 is 0. The molecule has 0 atom stereocenters. The molecule has 4 heteroatoms. The zero-order chi connectivity index (χ0) is 20.8. The third kappa shape index (κ3) is 3.43. The average molecular weight is 405 g/mol. The topological polar surface area (TPSA) is 77.8 Å². The summed E-state index contributed by atoms with van der Waals surface area (Å²) in [5.41, 5.74) is 4.42. The van der Waals surface area contributed by atoms with Gasteiger partial charge in [0.1, 0.15) is 5.75 Å². The molecule has 2 aromatic carbocycles. The van der Waals surface area contributed by atoms with E-state index in [9.17, 15) is 15.0 Å². The number of hydrogen-bond donors (Lipinski definition) is 3. The highest BCUT2D eigenvalue weighted by Gasteiger charge is 2.49. The minimum atomic E-state index is -0.967. The van der Waals surface area contributed by atoms with E-state index in [4.69, 9.17) is 5.11 Å². The molecule has 30 heavy (non-hydrogen) atoms. The normalized spacial score (nSPS) is 29.6. The van der Waals surface area contributed by atoms with Crippen molar-refractivity contribution in [2.45, 2.75) is 44.6 Å². The second-order valence-corrected chi connectivity index (χ2v) is 9.48. The molecule has 156 valence electrons. The molecule has 0 aliphatic heterocycles. The van der Waals surface area contributed by atoms with E-state index < -0.39 is 5.97 Å². The van der Waals surface area contributed by atoms with Gasteiger partial charge in [-0.25, -0.2) is 4.79 Å². The van der Waals surface area contributed by atoms with E-state index in [1.807, 2.05) is 30.3 Å². The summed E-state index contributed by atoms with van der Waals surface area (Å²) >= 11 is 0. The van der Waals surface area contributed by atoms with Crippen LogP contribution in [0.2, 0.25) is 0 Å². The van der Waals surface area contributed by atoms with E-state index in [2.05, 4.69) is 6.07 Å². The average Bonchev–Trinajstić information content (AvgIpc) is 2.73. The first-order chi connectivity index (χ1) is 14.5. The van der Waals surface area contributed by atoms with Crippen LogP contribution < -0.4 is 0 Å². The highest BCUT2D eigenvalue weighted by Crippen LogP contribution is 2.61. The van der Waals surface area contributed by atoms with Crippen molar-refractivity contribution in [2.75, 3.05) is 0 Å². The van der Waals surface area contributed by atoms with Crippen molar-refractivity contribution in [3.8, 4) is 16.9 Å². The van der Waals surface area contributed by atoms with Crippen molar-refractivity contribution in [2.24, 2.45) is 23.7 Å². The molecule has 0 saturated heterocycles. The first-order valence-corrected chi connectivity index (χ1v) is 11.0. The molecule has 0 amide bonds. The number of aliphatic hydroxyl groups is 1. The molecule has 0 heterocycles. The molecule has 4 saturated carbocycles. The summed E-state index contributed by atoms with van der Waals surface area (Å²) in [5, 5.41) is 29.7. The lowest BCUT2D eigenvalue weighted by Gasteiger charge is -2.54. The summed E-state index contributed by atoms with van der Waals surface area (Å²) in [5.74, 6) is 2.75. The van der Waals surface area contributed by atoms with Gasteiger partial charge < -0.3 is 15.3 Å². The molecular weight excluding hydrogens is 376 g/mol. The van der Waals surface area contributed by atoms with Crippen LogP contribution in [0.15, 0.2) is 42.5 Å². The standard InChI is InChI=1S/C26H28O4/c27-14-22-12-19(18-4-1-15(2-5-18)3-6-24(28)29)13-23(26(22)30)25-20-8-16-7-17(10-20)11-21(25)9-16/h1-6,12-13,16-17,20-21,25,27,30H,7-11,14H2,(H,28,29). The zero-order valence-corrected chi connectivity index (χ0v) is 17.0. The number of carboxylic acid groups (broad SMARTS) is 1. The zero-order valence-electron chi connectivity index (χ0n) is 17.0. The number of aromatic hydroxyl groups is 1. The van der Waals surface area contributed by atoms with Crippen LogP contribution in [-0.2, 0) is 11.4 Å². The first-order valence-electron chi connectivity index (χ1n) is 11.0. The number of phenols is 1. The Morgan fingerprint density at radius 3 is 2.13 bits per heavy atom. The lowest BCUT2D eigenvalue weighted by atomic mass is 9.50. The number of benzene rings is 2. The van der Waals surface area contributed by atoms with E-state index >= 15 is 0 Å². The third-order valence-electron chi connectivity index (χ3n) is 7.64. The van der Waals surface area contributed by atoms with Crippen molar-refractivity contribution in [1.82, 2.24) is 0 Å². The summed E-state index contributed by atoms with van der Waals surface area (Å²) in [4.78, 5) is 10.7. The van der Waals surface area contributed by atoms with Crippen molar-refractivity contribution < 1.29 is 20.1 Å². The van der Waals surface area contributed by atoms with Gasteiger partial charge in [-0.15, -0.1) is 0 Å². The smallest absolute Gasteiger partial charge is 0.328 e. The van der Waals surface area contributed by atoms with Gasteiger partial charge in [0.25, 0.3) is 0 Å². The monoisotopic (exact) mass is 404 g/mol. The largest absolute Gasteiger partial charge is 0.507 e. The van der Waals surface area contributed by atoms with E-state index in [1.54, 1.807) is 6.08 Å². The summed E-state index contributed by atoms with van der Waals surface area (Å²) in [6.45, 7) is -0.181. The van der Waals surface area contributed by atoms with E-state index in [0.29, 0.717) is 23.3 Å². The van der Waals surface area contributed by atoms with Gasteiger partial charge in [0.15, 0.2) is 0 Å². The molecule has 0 radical (unpaired) electrons. The van der Waals surface area contributed by atoms with Gasteiger partial charge in [-0.3, -0.25) is 0 Å². The second kappa shape index (κ2) is 7.59. The maximum atomic E-state index is 11.0. The lowest BCUT2D eigenvalue weighted by Crippen LogP contribution is -2.43. The fourth-order valence-electron chi connectivity index (χ4n) is 6.65. The molecule has 0 unspecified atom stereocenters. The van der Waals surface area contributed by atoms with Crippen molar-refractivity contribution in [3.05, 3.63) is 59.2 Å². The summed E-state index contributed by atoms with van der Waals surface area (Å²) in [6.07, 6.45) is 9.21. The fourth-order valence-corrected chi connectivity index (χ4v) is 6.65. The number of carboxylic acids is 1. The van der Waals surface area contributed by atoms with Crippen LogP contribution in [-0.4, -0.2) is 21.3 Å². The molecule has 4 bridgehead atoms. The third-order valence-corrected chi connectivity index (χ3v) is 7.64. The van der Waals surface area contributed by atoms with Crippen molar-refractivity contribution in [3.63, 3.8) is 0 Å². The minimum Gasteiger partial charge on any atom is -0.507 e. The molecule has 6 rings (SSSR count).